The summed E-state index contributed by atoms with van der Waals surface area (Å²) in [5.74, 6) is -0.479. The molecule has 0 aliphatic carbocycles. The highest BCUT2D eigenvalue weighted by Crippen LogP contribution is 2.14. The van der Waals surface area contributed by atoms with Gasteiger partial charge in [-0.05, 0) is 12.8 Å². The van der Waals surface area contributed by atoms with E-state index in [2.05, 4.69) is 0 Å². The predicted octanol–water partition coefficient (Wildman–Crippen LogP) is 0.465. The van der Waals surface area contributed by atoms with Crippen molar-refractivity contribution in [1.82, 2.24) is 0 Å². The van der Waals surface area contributed by atoms with Gasteiger partial charge in [0.05, 0.1) is 6.10 Å². The average Bonchev–Trinajstić information content (AvgIpc) is 2.12. The Morgan fingerprint density at radius 3 is 2.70 bits per heavy atom. The Balaban J connectivity index is 2.38. The smallest absolute Gasteiger partial charge is 0.304 e. The first-order chi connectivity index (χ1) is 4.58. The van der Waals surface area contributed by atoms with Crippen molar-refractivity contribution in [2.24, 2.45) is 0 Å². The molecule has 0 aromatic rings. The second-order valence-electron chi connectivity index (χ2n) is 2.34. The maximum Gasteiger partial charge on any atom is 0.304 e. The molecule has 0 aromatic heterocycles. The van der Waals surface area contributed by atoms with Crippen molar-refractivity contribution in [3.05, 3.63) is 0 Å². The van der Waals surface area contributed by atoms with Gasteiger partial charge in [0.25, 0.3) is 0 Å². The van der Waals surface area contributed by atoms with E-state index in [4.69, 9.17) is 4.74 Å². The van der Waals surface area contributed by atoms with E-state index >= 15 is 0 Å². The van der Waals surface area contributed by atoms with Crippen molar-refractivity contribution in [3.63, 3.8) is 0 Å². The molecular weight excluding hydrogens is 159 g/mol. The number of ether oxygens (including phenoxy) is 1. The first kappa shape index (κ1) is 7.94. The second kappa shape index (κ2) is 2.84. The van der Waals surface area contributed by atoms with Crippen molar-refractivity contribution in [3.8, 4) is 0 Å². The van der Waals surface area contributed by atoms with Crippen LogP contribution in [0.2, 0.25) is 0 Å². The molecule has 0 amide bonds. The van der Waals surface area contributed by atoms with Crippen molar-refractivity contribution in [2.45, 2.75) is 18.9 Å². The molecule has 0 N–H and O–H groups in total. The zero-order valence-corrected chi connectivity index (χ0v) is 6.23. The van der Waals surface area contributed by atoms with Gasteiger partial charge in [-0.1, -0.05) is 0 Å². The van der Waals surface area contributed by atoms with Gasteiger partial charge in [0.2, 0.25) is 0 Å². The molecular formula is C5H9FO3S. The molecule has 0 spiro atoms. The van der Waals surface area contributed by atoms with Gasteiger partial charge in [-0.25, -0.2) is 0 Å². The quantitative estimate of drug-likeness (QED) is 0.563. The third-order valence-corrected chi connectivity index (χ3v) is 2.18. The summed E-state index contributed by atoms with van der Waals surface area (Å²) in [4.78, 5) is 0. The highest BCUT2D eigenvalue weighted by atomic mass is 32.3. The van der Waals surface area contributed by atoms with Crippen molar-refractivity contribution < 1.29 is 17.0 Å². The fourth-order valence-electron chi connectivity index (χ4n) is 0.998. The topological polar surface area (TPSA) is 43.4 Å². The van der Waals surface area contributed by atoms with Gasteiger partial charge in [0.15, 0.2) is 0 Å². The SMILES string of the molecule is O=S(=O)(F)CC1CCCO1. The van der Waals surface area contributed by atoms with E-state index in [1.54, 1.807) is 0 Å². The minimum absolute atomic E-state index is 0.407. The fourth-order valence-corrected chi connectivity index (χ4v) is 1.70. The summed E-state index contributed by atoms with van der Waals surface area (Å²) in [5.41, 5.74) is 0. The summed E-state index contributed by atoms with van der Waals surface area (Å²) in [7, 11) is -4.33. The largest absolute Gasteiger partial charge is 0.377 e. The van der Waals surface area contributed by atoms with Crippen LogP contribution in [0.5, 0.6) is 0 Å². The summed E-state index contributed by atoms with van der Waals surface area (Å²) in [6.07, 6.45) is 1.08. The molecule has 0 radical (unpaired) electrons. The van der Waals surface area contributed by atoms with Gasteiger partial charge in [-0.3, -0.25) is 0 Å². The minimum Gasteiger partial charge on any atom is -0.377 e. The van der Waals surface area contributed by atoms with Crippen LogP contribution >= 0.6 is 0 Å². The number of halogens is 1. The van der Waals surface area contributed by atoms with Gasteiger partial charge in [0, 0.05) is 6.61 Å². The van der Waals surface area contributed by atoms with Crippen molar-refractivity contribution in [1.29, 1.82) is 0 Å². The summed E-state index contributed by atoms with van der Waals surface area (Å²) in [6.45, 7) is 0.556. The van der Waals surface area contributed by atoms with E-state index in [1.807, 2.05) is 0 Å². The Morgan fingerprint density at radius 1 is 1.60 bits per heavy atom. The van der Waals surface area contributed by atoms with Crippen LogP contribution in [-0.2, 0) is 15.0 Å². The zero-order valence-electron chi connectivity index (χ0n) is 5.42. The molecule has 1 aliphatic heterocycles. The van der Waals surface area contributed by atoms with Crippen LogP contribution in [0.4, 0.5) is 3.89 Å². The van der Waals surface area contributed by atoms with E-state index in [0.717, 1.165) is 6.42 Å². The Morgan fingerprint density at radius 2 is 2.30 bits per heavy atom. The maximum absolute atomic E-state index is 11.9. The summed E-state index contributed by atoms with van der Waals surface area (Å²) in [6, 6.07) is 0. The van der Waals surface area contributed by atoms with Crippen LogP contribution in [-0.4, -0.2) is 26.9 Å². The third kappa shape index (κ3) is 2.62. The Hall–Kier alpha value is -0.160. The minimum atomic E-state index is -4.33. The molecule has 1 heterocycles. The molecule has 1 saturated heterocycles. The molecule has 0 saturated carbocycles. The summed E-state index contributed by atoms with van der Waals surface area (Å²) in [5, 5.41) is 0. The molecule has 0 bridgehead atoms. The first-order valence-corrected chi connectivity index (χ1v) is 4.67. The van der Waals surface area contributed by atoms with Crippen LogP contribution in [0.25, 0.3) is 0 Å². The molecule has 0 aromatic carbocycles. The number of hydrogen-bond acceptors (Lipinski definition) is 3. The molecule has 1 atom stereocenters. The summed E-state index contributed by atoms with van der Waals surface area (Å²) < 4.78 is 36.9. The first-order valence-electron chi connectivity index (χ1n) is 3.12. The lowest BCUT2D eigenvalue weighted by atomic mass is 10.3. The number of hydrogen-bond donors (Lipinski definition) is 0. The summed E-state index contributed by atoms with van der Waals surface area (Å²) >= 11 is 0. The van der Waals surface area contributed by atoms with E-state index in [0.29, 0.717) is 13.0 Å². The lowest BCUT2D eigenvalue weighted by Gasteiger charge is -2.03. The Labute approximate surface area is 59.4 Å². The van der Waals surface area contributed by atoms with E-state index in [9.17, 15) is 12.3 Å². The van der Waals surface area contributed by atoms with Gasteiger partial charge in [0.1, 0.15) is 5.75 Å². The van der Waals surface area contributed by atoms with E-state index in [1.165, 1.54) is 0 Å². The molecule has 5 heteroatoms. The van der Waals surface area contributed by atoms with Crippen LogP contribution in [0.1, 0.15) is 12.8 Å². The highest BCUT2D eigenvalue weighted by molar-refractivity contribution is 7.86. The molecule has 1 unspecified atom stereocenters. The van der Waals surface area contributed by atoms with E-state index in [-0.39, 0.29) is 0 Å². The number of rotatable bonds is 2. The molecule has 60 valence electrons. The van der Waals surface area contributed by atoms with Crippen LogP contribution < -0.4 is 0 Å². The molecule has 1 aliphatic rings. The average molecular weight is 168 g/mol. The van der Waals surface area contributed by atoms with E-state index < -0.39 is 22.1 Å². The Bertz CT molecular complexity index is 193. The molecule has 3 nitrogen and oxygen atoms in total. The lowest BCUT2D eigenvalue weighted by molar-refractivity contribution is 0.127. The van der Waals surface area contributed by atoms with Crippen LogP contribution in [0.15, 0.2) is 0 Å². The fraction of sp³-hybridized carbons (Fsp3) is 1.00. The lowest BCUT2D eigenvalue weighted by Crippen LogP contribution is -2.16. The predicted molar refractivity (Wildman–Crippen MR) is 33.9 cm³/mol. The monoisotopic (exact) mass is 168 g/mol. The molecule has 10 heavy (non-hydrogen) atoms. The van der Waals surface area contributed by atoms with Crippen LogP contribution in [0.3, 0.4) is 0 Å². The third-order valence-electron chi connectivity index (χ3n) is 1.41. The van der Waals surface area contributed by atoms with Gasteiger partial charge in [-0.15, -0.1) is 3.89 Å². The van der Waals surface area contributed by atoms with Crippen LogP contribution in [0, 0.1) is 0 Å². The van der Waals surface area contributed by atoms with Crippen molar-refractivity contribution >= 4 is 10.2 Å². The normalized spacial score (nSPS) is 27.1. The van der Waals surface area contributed by atoms with Gasteiger partial charge >= 0.3 is 10.2 Å². The van der Waals surface area contributed by atoms with Crippen molar-refractivity contribution in [2.75, 3.05) is 12.4 Å². The van der Waals surface area contributed by atoms with Gasteiger partial charge in [-0.2, -0.15) is 8.42 Å². The zero-order chi connectivity index (χ0) is 7.61. The second-order valence-corrected chi connectivity index (χ2v) is 3.75. The maximum atomic E-state index is 11.9. The van der Waals surface area contributed by atoms with Gasteiger partial charge < -0.3 is 4.74 Å². The standard InChI is InChI=1S/C5H9FO3S/c6-10(7,8)4-5-2-1-3-9-5/h5H,1-4H2. The molecule has 1 fully saturated rings. The Kier molecular flexibility index (Phi) is 2.25. The highest BCUT2D eigenvalue weighted by Gasteiger charge is 2.22. The molecule has 1 rings (SSSR count).